The highest BCUT2D eigenvalue weighted by molar-refractivity contribution is 7.98. The topological polar surface area (TPSA) is 59.8 Å². The number of aromatic nitrogens is 3. The van der Waals surface area contributed by atoms with Gasteiger partial charge in [-0.05, 0) is 62.7 Å². The third-order valence-corrected chi connectivity index (χ3v) is 6.49. The molecule has 4 rings (SSSR count). The molecule has 5 nitrogen and oxygen atoms in total. The van der Waals surface area contributed by atoms with Crippen LogP contribution < -0.4 is 5.32 Å². The first-order valence-electron chi connectivity index (χ1n) is 10.7. The summed E-state index contributed by atoms with van der Waals surface area (Å²) in [5, 5.41) is 13.3. The molecule has 1 aromatic heterocycles. The Morgan fingerprint density at radius 2 is 1.73 bits per heavy atom. The molecule has 0 saturated carbocycles. The minimum Gasteiger partial charge on any atom is -0.342 e. The quantitative estimate of drug-likeness (QED) is 0.317. The average Bonchev–Trinajstić information content (AvgIpc) is 3.23. The van der Waals surface area contributed by atoms with E-state index in [1.54, 1.807) is 36.0 Å². The van der Waals surface area contributed by atoms with Crippen molar-refractivity contribution in [2.24, 2.45) is 0 Å². The molecule has 0 bridgehead atoms. The molecule has 3 aromatic carbocycles. The summed E-state index contributed by atoms with van der Waals surface area (Å²) in [6.07, 6.45) is 0. The molecule has 1 N–H and O–H groups in total. The van der Waals surface area contributed by atoms with Crippen molar-refractivity contribution in [3.05, 3.63) is 106 Å². The van der Waals surface area contributed by atoms with Crippen molar-refractivity contribution < 1.29 is 4.79 Å². The first-order valence-corrected chi connectivity index (χ1v) is 12.0. The molecule has 0 spiro atoms. The van der Waals surface area contributed by atoms with Crippen LogP contribution in [-0.4, -0.2) is 20.7 Å². The van der Waals surface area contributed by atoms with Crippen molar-refractivity contribution in [3.8, 4) is 5.69 Å². The lowest BCUT2D eigenvalue weighted by molar-refractivity contribution is 0.0938. The first kappa shape index (κ1) is 23.1. The van der Waals surface area contributed by atoms with E-state index < -0.39 is 0 Å². The Labute approximate surface area is 203 Å². The Morgan fingerprint density at radius 3 is 2.42 bits per heavy atom. The van der Waals surface area contributed by atoms with Crippen LogP contribution in [0.2, 0.25) is 5.02 Å². The molecule has 0 fully saturated rings. The average molecular weight is 477 g/mol. The zero-order valence-corrected chi connectivity index (χ0v) is 20.3. The molecule has 1 amide bonds. The molecule has 7 heteroatoms. The van der Waals surface area contributed by atoms with E-state index in [1.807, 2.05) is 23.6 Å². The molecule has 0 aliphatic carbocycles. The summed E-state index contributed by atoms with van der Waals surface area (Å²) >= 11 is 7.57. The lowest BCUT2D eigenvalue weighted by Crippen LogP contribution is -2.28. The molecule has 0 aliphatic heterocycles. The fraction of sp³-hybridized carbons (Fsp3) is 0.192. The number of thioether (sulfide) groups is 1. The highest BCUT2D eigenvalue weighted by Gasteiger charge is 2.21. The molecule has 1 unspecified atom stereocenters. The summed E-state index contributed by atoms with van der Waals surface area (Å²) in [7, 11) is 0. The Bertz CT molecular complexity index is 1250. The van der Waals surface area contributed by atoms with Gasteiger partial charge in [-0.15, -0.1) is 10.2 Å². The second-order valence-corrected chi connectivity index (χ2v) is 9.37. The summed E-state index contributed by atoms with van der Waals surface area (Å²) in [4.78, 5) is 12.8. The van der Waals surface area contributed by atoms with E-state index >= 15 is 0 Å². The molecule has 0 saturated heterocycles. The van der Waals surface area contributed by atoms with E-state index in [2.05, 4.69) is 65.8 Å². The van der Waals surface area contributed by atoms with Gasteiger partial charge < -0.3 is 5.32 Å². The van der Waals surface area contributed by atoms with Gasteiger partial charge in [-0.3, -0.25) is 9.36 Å². The van der Waals surface area contributed by atoms with Crippen LogP contribution in [0.1, 0.15) is 45.8 Å². The fourth-order valence-corrected chi connectivity index (χ4v) is 4.52. The summed E-state index contributed by atoms with van der Waals surface area (Å²) in [5.41, 5.74) is 5.13. The summed E-state index contributed by atoms with van der Waals surface area (Å²) in [6.45, 7) is 6.06. The van der Waals surface area contributed by atoms with Gasteiger partial charge in [0.1, 0.15) is 0 Å². The Kier molecular flexibility index (Phi) is 7.16. The smallest absolute Gasteiger partial charge is 0.251 e. The molecular weight excluding hydrogens is 452 g/mol. The van der Waals surface area contributed by atoms with Crippen molar-refractivity contribution in [1.82, 2.24) is 20.1 Å². The number of carbonyl (C=O) groups is 1. The maximum atomic E-state index is 12.8. The zero-order chi connectivity index (χ0) is 23.4. The summed E-state index contributed by atoms with van der Waals surface area (Å²) in [5.74, 6) is 1.26. The van der Waals surface area contributed by atoms with Gasteiger partial charge in [-0.25, -0.2) is 0 Å². The number of aryl methyl sites for hydroxylation is 2. The molecular formula is C26H25ClN4OS. The van der Waals surface area contributed by atoms with Crippen molar-refractivity contribution in [2.75, 3.05) is 0 Å². The Morgan fingerprint density at radius 1 is 1.00 bits per heavy atom. The van der Waals surface area contributed by atoms with Crippen LogP contribution in [0.15, 0.2) is 78.0 Å². The summed E-state index contributed by atoms with van der Waals surface area (Å²) in [6, 6.07) is 23.1. The number of nitrogens with zero attached hydrogens (tertiary/aromatic N) is 3. The maximum Gasteiger partial charge on any atom is 0.251 e. The van der Waals surface area contributed by atoms with Crippen LogP contribution in [0.3, 0.4) is 0 Å². The standard InChI is InChI=1S/C26H25ClN4OS/c1-17-7-13-23(14-8-17)31-24(19(3)28-25(32)21-9-11-22(27)12-10-21)29-30-26(31)33-16-20-6-4-5-18(2)15-20/h4-15,19H,16H2,1-3H3,(H,28,32). The molecule has 0 radical (unpaired) electrons. The SMILES string of the molecule is Cc1ccc(-n2c(SCc3cccc(C)c3)nnc2C(C)NC(=O)c2ccc(Cl)cc2)cc1. The minimum absolute atomic E-state index is 0.188. The number of halogens is 1. The largest absolute Gasteiger partial charge is 0.342 e. The number of hydrogen-bond donors (Lipinski definition) is 1. The number of carbonyl (C=O) groups excluding carboxylic acids is 1. The summed E-state index contributed by atoms with van der Waals surface area (Å²) < 4.78 is 2.02. The monoisotopic (exact) mass is 476 g/mol. The minimum atomic E-state index is -0.352. The van der Waals surface area contributed by atoms with Crippen molar-refractivity contribution in [3.63, 3.8) is 0 Å². The van der Waals surface area contributed by atoms with Crippen molar-refractivity contribution in [2.45, 2.75) is 37.7 Å². The number of amides is 1. The molecule has 4 aromatic rings. The highest BCUT2D eigenvalue weighted by atomic mass is 35.5. The fourth-order valence-electron chi connectivity index (χ4n) is 3.49. The molecule has 1 atom stereocenters. The first-order chi connectivity index (χ1) is 15.9. The number of rotatable bonds is 7. The van der Waals surface area contributed by atoms with Gasteiger partial charge in [0.25, 0.3) is 5.91 Å². The molecule has 33 heavy (non-hydrogen) atoms. The predicted molar refractivity (Wildman–Crippen MR) is 134 cm³/mol. The van der Waals surface area contributed by atoms with Crippen molar-refractivity contribution in [1.29, 1.82) is 0 Å². The highest BCUT2D eigenvalue weighted by Crippen LogP contribution is 2.28. The Hall–Kier alpha value is -3.09. The van der Waals surface area contributed by atoms with Crippen LogP contribution in [0.25, 0.3) is 5.69 Å². The van der Waals surface area contributed by atoms with Gasteiger partial charge >= 0.3 is 0 Å². The van der Waals surface area contributed by atoms with E-state index in [9.17, 15) is 4.79 Å². The van der Waals surface area contributed by atoms with E-state index in [1.165, 1.54) is 16.7 Å². The second kappa shape index (κ2) is 10.2. The number of hydrogen-bond acceptors (Lipinski definition) is 4. The predicted octanol–water partition coefficient (Wildman–Crippen LogP) is 6.32. The Balaban J connectivity index is 1.61. The van der Waals surface area contributed by atoms with E-state index in [0.29, 0.717) is 16.4 Å². The van der Waals surface area contributed by atoms with Gasteiger partial charge in [0.2, 0.25) is 0 Å². The third-order valence-electron chi connectivity index (χ3n) is 5.24. The zero-order valence-electron chi connectivity index (χ0n) is 18.7. The normalized spacial score (nSPS) is 11.9. The molecule has 1 heterocycles. The number of benzene rings is 3. The van der Waals surface area contributed by atoms with Crippen molar-refractivity contribution >= 4 is 29.3 Å². The van der Waals surface area contributed by atoms with Gasteiger partial charge in [-0.1, -0.05) is 70.9 Å². The van der Waals surface area contributed by atoms with E-state index in [-0.39, 0.29) is 11.9 Å². The van der Waals surface area contributed by atoms with Gasteiger partial charge in [0.15, 0.2) is 11.0 Å². The van der Waals surface area contributed by atoms with Gasteiger partial charge in [0.05, 0.1) is 6.04 Å². The number of nitrogens with one attached hydrogen (secondary N) is 1. The van der Waals surface area contributed by atoms with Crippen LogP contribution in [0.4, 0.5) is 0 Å². The lowest BCUT2D eigenvalue weighted by Gasteiger charge is -2.16. The maximum absolute atomic E-state index is 12.8. The van der Waals surface area contributed by atoms with Crippen LogP contribution in [-0.2, 0) is 5.75 Å². The molecule has 0 aliphatic rings. The van der Waals surface area contributed by atoms with E-state index in [0.717, 1.165) is 16.6 Å². The van der Waals surface area contributed by atoms with Gasteiger partial charge in [0, 0.05) is 22.0 Å². The van der Waals surface area contributed by atoms with E-state index in [4.69, 9.17) is 11.6 Å². The molecule has 168 valence electrons. The van der Waals surface area contributed by atoms with Gasteiger partial charge in [-0.2, -0.15) is 0 Å². The van der Waals surface area contributed by atoms with Crippen LogP contribution in [0.5, 0.6) is 0 Å². The second-order valence-electron chi connectivity index (χ2n) is 7.99. The third kappa shape index (κ3) is 5.64. The van der Waals surface area contributed by atoms with Crippen LogP contribution >= 0.6 is 23.4 Å². The lowest BCUT2D eigenvalue weighted by atomic mass is 10.2. The van der Waals surface area contributed by atoms with Crippen LogP contribution in [0, 0.1) is 13.8 Å².